The maximum Gasteiger partial charge on any atom is 0.248 e. The first kappa shape index (κ1) is 23.8. The largest absolute Gasteiger partial charge is 0.508 e. The van der Waals surface area contributed by atoms with Gasteiger partial charge < -0.3 is 15.3 Å². The molecule has 1 aromatic heterocycles. The zero-order chi connectivity index (χ0) is 23.1. The second-order valence-corrected chi connectivity index (χ2v) is 9.39. The van der Waals surface area contributed by atoms with Crippen LogP contribution in [0.2, 0.25) is 4.34 Å². The quantitative estimate of drug-likeness (QED) is 0.444. The fourth-order valence-corrected chi connectivity index (χ4v) is 4.62. The van der Waals surface area contributed by atoms with Crippen LogP contribution in [0.5, 0.6) is 5.75 Å². The van der Waals surface area contributed by atoms with Gasteiger partial charge in [-0.1, -0.05) is 55.1 Å². The van der Waals surface area contributed by atoms with E-state index in [0.717, 1.165) is 28.9 Å². The first-order valence-corrected chi connectivity index (χ1v) is 11.7. The number of aromatic hydroxyl groups is 1. The topological polar surface area (TPSA) is 69.6 Å². The van der Waals surface area contributed by atoms with Gasteiger partial charge in [0, 0.05) is 23.9 Å². The van der Waals surface area contributed by atoms with Crippen molar-refractivity contribution in [2.45, 2.75) is 37.8 Å². The molecule has 1 fully saturated rings. The predicted octanol–water partition coefficient (Wildman–Crippen LogP) is 5.19. The van der Waals surface area contributed by atoms with E-state index in [1.165, 1.54) is 11.3 Å². The van der Waals surface area contributed by atoms with Gasteiger partial charge in [0.15, 0.2) is 0 Å². The number of thiophene rings is 1. The van der Waals surface area contributed by atoms with Crippen molar-refractivity contribution in [3.8, 4) is 5.75 Å². The molecule has 1 saturated carbocycles. The Morgan fingerprint density at radius 2 is 1.94 bits per heavy atom. The van der Waals surface area contributed by atoms with E-state index < -0.39 is 6.04 Å². The number of carbonyl (C=O) groups excluding carboxylic acids is 2. The minimum absolute atomic E-state index is 0.0431. The highest BCUT2D eigenvalue weighted by Gasteiger charge is 2.41. The Morgan fingerprint density at radius 3 is 2.50 bits per heavy atom. The normalized spacial score (nSPS) is 14.5. The average molecular weight is 471 g/mol. The average Bonchev–Trinajstić information content (AvgIpc) is 3.53. The van der Waals surface area contributed by atoms with Gasteiger partial charge >= 0.3 is 0 Å². The molecular weight excluding hydrogens is 444 g/mol. The maximum atomic E-state index is 13.3. The fourth-order valence-electron chi connectivity index (χ4n) is 3.46. The second kappa shape index (κ2) is 11.2. The fraction of sp³-hybridized carbons (Fsp3) is 0.280. The van der Waals surface area contributed by atoms with E-state index in [1.54, 1.807) is 53.5 Å². The number of halogens is 1. The van der Waals surface area contributed by atoms with Gasteiger partial charge in [-0.2, -0.15) is 0 Å². The molecule has 1 atom stereocenters. The van der Waals surface area contributed by atoms with Crippen LogP contribution in [0.1, 0.15) is 35.7 Å². The third-order valence-corrected chi connectivity index (χ3v) is 6.53. The molecule has 1 aromatic carbocycles. The summed E-state index contributed by atoms with van der Waals surface area (Å²) in [5.74, 6) is -0.128. The van der Waals surface area contributed by atoms with Gasteiger partial charge in [0.05, 0.1) is 4.34 Å². The van der Waals surface area contributed by atoms with Crippen molar-refractivity contribution >= 4 is 34.8 Å². The lowest BCUT2D eigenvalue weighted by molar-refractivity contribution is -0.141. The first-order chi connectivity index (χ1) is 15.4. The van der Waals surface area contributed by atoms with Crippen LogP contribution in [0, 0.1) is 0 Å². The molecule has 2 aromatic rings. The van der Waals surface area contributed by atoms with Crippen LogP contribution in [0.4, 0.5) is 0 Å². The number of benzene rings is 1. The summed E-state index contributed by atoms with van der Waals surface area (Å²) < 4.78 is 0.573. The molecule has 0 bridgehead atoms. The van der Waals surface area contributed by atoms with E-state index in [4.69, 9.17) is 11.6 Å². The molecule has 7 heteroatoms. The smallest absolute Gasteiger partial charge is 0.248 e. The summed E-state index contributed by atoms with van der Waals surface area (Å²) in [6, 6.07) is 9.69. The van der Waals surface area contributed by atoms with Crippen LogP contribution < -0.4 is 5.32 Å². The lowest BCUT2D eigenvalue weighted by Gasteiger charge is -2.31. The summed E-state index contributed by atoms with van der Waals surface area (Å²) in [6.45, 7) is 7.73. The van der Waals surface area contributed by atoms with Crippen molar-refractivity contribution in [2.75, 3.05) is 6.54 Å². The highest BCUT2D eigenvalue weighted by molar-refractivity contribution is 7.16. The molecule has 1 heterocycles. The molecular formula is C25H27ClN2O3S. The molecule has 1 aliphatic rings. The van der Waals surface area contributed by atoms with Crippen LogP contribution in [-0.2, 0) is 16.0 Å². The SMILES string of the molecule is C=C/C=C(\C=C)CNC(=O)C(c1ccc(Cl)s1)N(C(=O)CCc1ccc(O)cc1)C1CC1. The van der Waals surface area contributed by atoms with Crippen molar-refractivity contribution < 1.29 is 14.7 Å². The number of nitrogens with zero attached hydrogens (tertiary/aromatic N) is 1. The number of phenolic OH excluding ortho intramolecular Hbond substituents is 1. The summed E-state index contributed by atoms with van der Waals surface area (Å²) >= 11 is 7.48. The van der Waals surface area contributed by atoms with Crippen LogP contribution in [0.25, 0.3) is 0 Å². The standard InChI is InChI=1S/C25H27ClN2O3S/c1-3-5-17(4-2)16-27-25(31)24(21-13-14-22(26)32-21)28(19-9-10-19)23(30)15-8-18-6-11-20(29)12-7-18/h3-7,11-14,19,24,29H,1-2,8-10,15-16H2,(H,27,31)/b17-5+. The van der Waals surface area contributed by atoms with Crippen LogP contribution >= 0.6 is 22.9 Å². The van der Waals surface area contributed by atoms with E-state index in [2.05, 4.69) is 18.5 Å². The summed E-state index contributed by atoms with van der Waals surface area (Å²) in [5, 5.41) is 12.4. The van der Waals surface area contributed by atoms with Gasteiger partial charge in [-0.05, 0) is 54.7 Å². The molecule has 0 saturated heterocycles. The van der Waals surface area contributed by atoms with E-state index in [9.17, 15) is 14.7 Å². The molecule has 168 valence electrons. The van der Waals surface area contributed by atoms with Crippen LogP contribution in [-0.4, -0.2) is 34.4 Å². The first-order valence-electron chi connectivity index (χ1n) is 10.5. The maximum absolute atomic E-state index is 13.3. The molecule has 2 N–H and O–H groups in total. The minimum Gasteiger partial charge on any atom is -0.508 e. The van der Waals surface area contributed by atoms with E-state index in [1.807, 2.05) is 6.07 Å². The predicted molar refractivity (Wildman–Crippen MR) is 130 cm³/mol. The third kappa shape index (κ3) is 6.34. The van der Waals surface area contributed by atoms with Crippen LogP contribution in [0.3, 0.4) is 0 Å². The number of hydrogen-bond acceptors (Lipinski definition) is 4. The monoisotopic (exact) mass is 470 g/mol. The molecule has 1 aliphatic carbocycles. The number of phenols is 1. The van der Waals surface area contributed by atoms with Gasteiger partial charge in [0.1, 0.15) is 11.8 Å². The number of rotatable bonds is 11. The molecule has 0 aliphatic heterocycles. The summed E-state index contributed by atoms with van der Waals surface area (Å²) in [7, 11) is 0. The Kier molecular flexibility index (Phi) is 8.31. The van der Waals surface area contributed by atoms with Crippen molar-refractivity contribution in [1.82, 2.24) is 10.2 Å². The number of carbonyl (C=O) groups is 2. The van der Waals surface area contributed by atoms with Crippen molar-refractivity contribution in [3.63, 3.8) is 0 Å². The zero-order valence-corrected chi connectivity index (χ0v) is 19.4. The van der Waals surface area contributed by atoms with E-state index in [-0.39, 0.29) is 30.0 Å². The number of aryl methyl sites for hydroxylation is 1. The Balaban J connectivity index is 1.80. The van der Waals surface area contributed by atoms with Crippen molar-refractivity contribution in [2.24, 2.45) is 0 Å². The highest BCUT2D eigenvalue weighted by atomic mass is 35.5. The Labute approximate surface area is 197 Å². The highest BCUT2D eigenvalue weighted by Crippen LogP contribution is 2.38. The summed E-state index contributed by atoms with van der Waals surface area (Å²) in [5.41, 5.74) is 1.78. The molecule has 5 nitrogen and oxygen atoms in total. The van der Waals surface area contributed by atoms with Gasteiger partial charge in [-0.15, -0.1) is 11.3 Å². The molecule has 3 rings (SSSR count). The Morgan fingerprint density at radius 1 is 1.22 bits per heavy atom. The molecule has 32 heavy (non-hydrogen) atoms. The van der Waals surface area contributed by atoms with Gasteiger partial charge in [0.25, 0.3) is 0 Å². The summed E-state index contributed by atoms with van der Waals surface area (Å²) in [6.07, 6.45) is 7.66. The third-order valence-electron chi connectivity index (χ3n) is 5.24. The Hall–Kier alpha value is -2.83. The lowest BCUT2D eigenvalue weighted by atomic mass is 10.1. The van der Waals surface area contributed by atoms with Gasteiger partial charge in [-0.25, -0.2) is 0 Å². The second-order valence-electron chi connectivity index (χ2n) is 7.64. The minimum atomic E-state index is -0.734. The number of allylic oxidation sites excluding steroid dienone is 2. The number of amides is 2. The summed E-state index contributed by atoms with van der Waals surface area (Å²) in [4.78, 5) is 29.1. The molecule has 0 radical (unpaired) electrons. The molecule has 0 spiro atoms. The van der Waals surface area contributed by atoms with Crippen molar-refractivity contribution in [1.29, 1.82) is 0 Å². The molecule has 2 amide bonds. The lowest BCUT2D eigenvalue weighted by Crippen LogP contribution is -2.45. The van der Waals surface area contributed by atoms with Crippen LogP contribution in [0.15, 0.2) is 73.4 Å². The number of nitrogens with one attached hydrogen (secondary N) is 1. The Bertz CT molecular complexity index is 1010. The zero-order valence-electron chi connectivity index (χ0n) is 17.8. The number of hydrogen-bond donors (Lipinski definition) is 2. The van der Waals surface area contributed by atoms with Gasteiger partial charge in [0.2, 0.25) is 11.8 Å². The van der Waals surface area contributed by atoms with E-state index >= 15 is 0 Å². The molecule has 1 unspecified atom stereocenters. The van der Waals surface area contributed by atoms with Gasteiger partial charge in [-0.3, -0.25) is 9.59 Å². The van der Waals surface area contributed by atoms with Crippen molar-refractivity contribution in [3.05, 3.63) is 88.1 Å². The van der Waals surface area contributed by atoms with E-state index in [0.29, 0.717) is 17.3 Å².